The Morgan fingerprint density at radius 3 is 2.29 bits per heavy atom. The first kappa shape index (κ1) is 25.2. The van der Waals surface area contributed by atoms with Crippen LogP contribution in [0.15, 0.2) is 4.90 Å². The fraction of sp³-hybridized carbons (Fsp3) is 0.792. The van der Waals surface area contributed by atoms with Crippen molar-refractivity contribution in [2.75, 3.05) is 26.2 Å². The van der Waals surface area contributed by atoms with Gasteiger partial charge in [0.25, 0.3) is 0 Å². The molecule has 3 fully saturated rings. The van der Waals surface area contributed by atoms with Crippen LogP contribution < -0.4 is 5.32 Å². The first-order valence-corrected chi connectivity index (χ1v) is 14.3. The van der Waals surface area contributed by atoms with Gasteiger partial charge in [0, 0.05) is 32.2 Å². The number of carbonyl (C=O) groups excluding carboxylic acids is 2. The number of hydrogen-bond donors (Lipinski definition) is 1. The van der Waals surface area contributed by atoms with E-state index in [1.54, 1.807) is 13.8 Å². The van der Waals surface area contributed by atoms with Gasteiger partial charge in [0.2, 0.25) is 21.8 Å². The summed E-state index contributed by atoms with van der Waals surface area (Å²) in [5, 5.41) is 7.60. The van der Waals surface area contributed by atoms with Gasteiger partial charge in [0.05, 0.1) is 17.3 Å². The molecule has 0 aromatic carbocycles. The first-order valence-electron chi connectivity index (χ1n) is 12.9. The number of nitrogens with zero attached hydrogens (tertiary/aromatic N) is 4. The molecule has 2 aliphatic heterocycles. The van der Waals surface area contributed by atoms with E-state index >= 15 is 0 Å². The van der Waals surface area contributed by atoms with Crippen LogP contribution in [0, 0.1) is 19.8 Å². The lowest BCUT2D eigenvalue weighted by atomic mass is 9.97. The van der Waals surface area contributed by atoms with E-state index in [0.717, 1.165) is 51.6 Å². The zero-order chi connectivity index (χ0) is 24.3. The monoisotopic (exact) mass is 493 g/mol. The van der Waals surface area contributed by atoms with Gasteiger partial charge in [0.15, 0.2) is 0 Å². The van der Waals surface area contributed by atoms with E-state index in [0.29, 0.717) is 30.8 Å². The Morgan fingerprint density at radius 1 is 0.941 bits per heavy atom. The number of nitrogens with one attached hydrogen (secondary N) is 1. The van der Waals surface area contributed by atoms with Crippen LogP contribution in [0.1, 0.15) is 75.6 Å². The minimum Gasteiger partial charge on any atom is -0.353 e. The predicted octanol–water partition coefficient (Wildman–Crippen LogP) is 2.36. The number of aryl methyl sites for hydroxylation is 1. The zero-order valence-electron chi connectivity index (χ0n) is 20.6. The van der Waals surface area contributed by atoms with E-state index < -0.39 is 10.0 Å². The minimum atomic E-state index is -3.82. The molecule has 9 nitrogen and oxygen atoms in total. The van der Waals surface area contributed by atoms with Gasteiger partial charge in [-0.2, -0.15) is 9.40 Å². The van der Waals surface area contributed by atoms with Crippen molar-refractivity contribution in [3.8, 4) is 0 Å². The maximum atomic E-state index is 13.6. The molecule has 0 radical (unpaired) electrons. The van der Waals surface area contributed by atoms with Crippen LogP contribution in [-0.4, -0.2) is 71.4 Å². The third-order valence-corrected chi connectivity index (χ3v) is 9.73. The third kappa shape index (κ3) is 5.48. The Hall–Kier alpha value is -1.94. The Kier molecular flexibility index (Phi) is 7.97. The lowest BCUT2D eigenvalue weighted by Gasteiger charge is -2.32. The molecule has 3 heterocycles. The van der Waals surface area contributed by atoms with Crippen molar-refractivity contribution >= 4 is 21.8 Å². The van der Waals surface area contributed by atoms with Crippen molar-refractivity contribution in [3.05, 3.63) is 11.4 Å². The molecule has 2 amide bonds. The Bertz CT molecular complexity index is 991. The summed E-state index contributed by atoms with van der Waals surface area (Å²) >= 11 is 0. The molecule has 1 aromatic heterocycles. The summed E-state index contributed by atoms with van der Waals surface area (Å²) in [6, 6.07) is 0.206. The van der Waals surface area contributed by atoms with E-state index in [4.69, 9.17) is 0 Å². The van der Waals surface area contributed by atoms with Crippen molar-refractivity contribution in [3.63, 3.8) is 0 Å². The fourth-order valence-corrected chi connectivity index (χ4v) is 7.55. The van der Waals surface area contributed by atoms with Gasteiger partial charge in [-0.05, 0) is 52.4 Å². The van der Waals surface area contributed by atoms with Crippen molar-refractivity contribution in [1.82, 2.24) is 24.3 Å². The van der Waals surface area contributed by atoms with Gasteiger partial charge in [-0.25, -0.2) is 8.42 Å². The van der Waals surface area contributed by atoms with E-state index in [1.807, 2.05) is 4.90 Å². The van der Waals surface area contributed by atoms with Crippen LogP contribution in [0.25, 0.3) is 0 Å². The molecule has 1 aliphatic carbocycles. The minimum absolute atomic E-state index is 0.0212. The smallest absolute Gasteiger partial charge is 0.246 e. The summed E-state index contributed by atoms with van der Waals surface area (Å²) in [5.74, 6) is -0.383. The number of sulfonamides is 1. The Balaban J connectivity index is 1.45. The van der Waals surface area contributed by atoms with Gasteiger partial charge in [-0.1, -0.05) is 25.7 Å². The summed E-state index contributed by atoms with van der Waals surface area (Å²) in [6.07, 6.45) is 10.1. The predicted molar refractivity (Wildman–Crippen MR) is 129 cm³/mol. The van der Waals surface area contributed by atoms with E-state index in [1.165, 1.54) is 21.8 Å². The van der Waals surface area contributed by atoms with Gasteiger partial charge in [-0.3, -0.25) is 14.3 Å². The molecule has 2 saturated heterocycles. The van der Waals surface area contributed by atoms with Gasteiger partial charge in [0.1, 0.15) is 11.4 Å². The van der Waals surface area contributed by atoms with Crippen LogP contribution >= 0.6 is 0 Å². The highest BCUT2D eigenvalue weighted by Gasteiger charge is 2.37. The average Bonchev–Trinajstić information content (AvgIpc) is 3.36. The molecular weight excluding hydrogens is 454 g/mol. The largest absolute Gasteiger partial charge is 0.353 e. The highest BCUT2D eigenvalue weighted by atomic mass is 32.2. The zero-order valence-corrected chi connectivity index (χ0v) is 21.4. The number of carbonyl (C=O) groups is 2. The standard InChI is InChI=1S/C24H39N5O4S/c1-18-23(19(2)29(26-18)17-22(30)27-13-7-8-14-27)34(32,33)28-15-9-10-20(16-28)24(31)25-21-11-5-3-4-6-12-21/h20-21H,3-17H2,1-2H3,(H,25,31)/t20-/m0/s1. The van der Waals surface area contributed by atoms with Gasteiger partial charge >= 0.3 is 0 Å². The van der Waals surface area contributed by atoms with Crippen LogP contribution in [0.4, 0.5) is 0 Å². The molecule has 1 aromatic rings. The molecule has 3 aliphatic rings. The molecule has 10 heteroatoms. The molecule has 1 N–H and O–H groups in total. The normalized spacial score (nSPS) is 23.1. The van der Waals surface area contributed by atoms with E-state index in [2.05, 4.69) is 10.4 Å². The van der Waals surface area contributed by atoms with Crippen molar-refractivity contribution in [2.24, 2.45) is 5.92 Å². The van der Waals surface area contributed by atoms with E-state index in [9.17, 15) is 18.0 Å². The molecule has 0 unspecified atom stereocenters. The Morgan fingerprint density at radius 2 is 1.62 bits per heavy atom. The lowest BCUT2D eigenvalue weighted by Crippen LogP contribution is -2.47. The van der Waals surface area contributed by atoms with E-state index in [-0.39, 0.29) is 41.8 Å². The SMILES string of the molecule is Cc1nn(CC(=O)N2CCCC2)c(C)c1S(=O)(=O)N1CCC[C@H](C(=O)NC2CCCCCC2)C1. The summed E-state index contributed by atoms with van der Waals surface area (Å²) in [4.78, 5) is 27.6. The highest BCUT2D eigenvalue weighted by molar-refractivity contribution is 7.89. The Labute approximate surface area is 203 Å². The average molecular weight is 494 g/mol. The molecule has 0 spiro atoms. The number of hydrogen-bond acceptors (Lipinski definition) is 5. The van der Waals surface area contributed by atoms with Crippen LogP contribution in [-0.2, 0) is 26.2 Å². The second-order valence-corrected chi connectivity index (χ2v) is 12.0. The van der Waals surface area contributed by atoms with Gasteiger partial charge < -0.3 is 10.2 Å². The number of rotatable bonds is 6. The topological polar surface area (TPSA) is 105 Å². The van der Waals surface area contributed by atoms with Crippen molar-refractivity contribution in [2.45, 2.75) is 95.5 Å². The summed E-state index contributed by atoms with van der Waals surface area (Å²) in [6.45, 7) is 5.53. The van der Waals surface area contributed by atoms with Crippen LogP contribution in [0.3, 0.4) is 0 Å². The quantitative estimate of drug-likeness (QED) is 0.613. The van der Waals surface area contributed by atoms with Crippen LogP contribution in [0.2, 0.25) is 0 Å². The van der Waals surface area contributed by atoms with Crippen LogP contribution in [0.5, 0.6) is 0 Å². The summed E-state index contributed by atoms with van der Waals surface area (Å²) < 4.78 is 30.2. The lowest BCUT2D eigenvalue weighted by molar-refractivity contribution is -0.131. The number of likely N-dealkylation sites (tertiary alicyclic amines) is 1. The maximum absolute atomic E-state index is 13.6. The molecule has 1 atom stereocenters. The molecule has 190 valence electrons. The molecular formula is C24H39N5O4S. The maximum Gasteiger partial charge on any atom is 0.246 e. The number of piperidine rings is 1. The fourth-order valence-electron chi connectivity index (χ4n) is 5.65. The van der Waals surface area contributed by atoms with Crippen molar-refractivity contribution in [1.29, 1.82) is 0 Å². The molecule has 4 rings (SSSR count). The van der Waals surface area contributed by atoms with Crippen molar-refractivity contribution < 1.29 is 18.0 Å². The highest BCUT2D eigenvalue weighted by Crippen LogP contribution is 2.28. The summed E-state index contributed by atoms with van der Waals surface area (Å²) in [7, 11) is -3.82. The number of amides is 2. The molecule has 1 saturated carbocycles. The second kappa shape index (κ2) is 10.8. The molecule has 34 heavy (non-hydrogen) atoms. The summed E-state index contributed by atoms with van der Waals surface area (Å²) in [5.41, 5.74) is 0.881. The third-order valence-electron chi connectivity index (χ3n) is 7.61. The van der Waals surface area contributed by atoms with Gasteiger partial charge in [-0.15, -0.1) is 0 Å². The second-order valence-electron chi connectivity index (χ2n) is 10.1. The molecule has 0 bridgehead atoms. The first-order chi connectivity index (χ1) is 16.3. The number of aromatic nitrogens is 2.